The first kappa shape index (κ1) is 27.8. The third kappa shape index (κ3) is 6.44. The van der Waals surface area contributed by atoms with Crippen molar-refractivity contribution >= 4 is 30.0 Å². The molecule has 1 saturated heterocycles. The van der Waals surface area contributed by atoms with E-state index in [-0.39, 0.29) is 0 Å². The van der Waals surface area contributed by atoms with Gasteiger partial charge in [-0.1, -0.05) is 66.7 Å². The molecule has 0 aromatic heterocycles. The minimum atomic E-state index is -1.39. The molecule has 0 radical (unpaired) electrons. The molecule has 11 nitrogen and oxygen atoms in total. The number of hydrogen-bond acceptors (Lipinski definition) is 7. The minimum absolute atomic E-state index is 0.314. The zero-order chi connectivity index (χ0) is 28.7. The van der Waals surface area contributed by atoms with Crippen molar-refractivity contribution in [3.63, 3.8) is 0 Å². The second-order valence-electron chi connectivity index (χ2n) is 9.41. The Kier molecular flexibility index (Phi) is 8.43. The van der Waals surface area contributed by atoms with Crippen molar-refractivity contribution in [2.24, 2.45) is 10.9 Å². The van der Waals surface area contributed by atoms with E-state index in [4.69, 9.17) is 10.6 Å². The number of nitrogens with zero attached hydrogens (tertiary/aromatic N) is 2. The number of carboxylic acid groups (broad SMARTS) is 1. The van der Waals surface area contributed by atoms with Crippen molar-refractivity contribution in [3.05, 3.63) is 101 Å². The fourth-order valence-electron chi connectivity index (χ4n) is 4.40. The number of rotatable bonds is 11. The highest BCUT2D eigenvalue weighted by atomic mass is 16.5. The number of aliphatic carboxylic acids is 1. The number of urea groups is 1. The molecule has 4 amide bonds. The molecule has 40 heavy (non-hydrogen) atoms. The average molecular weight is 544 g/mol. The first-order valence-corrected chi connectivity index (χ1v) is 12.5. The summed E-state index contributed by atoms with van der Waals surface area (Å²) in [6.07, 6.45) is 1.03. The van der Waals surface area contributed by atoms with E-state index < -0.39 is 48.4 Å². The van der Waals surface area contributed by atoms with Crippen LogP contribution in [0.3, 0.4) is 0 Å². The van der Waals surface area contributed by atoms with Crippen LogP contribution in [0.5, 0.6) is 5.75 Å². The molecule has 5 N–H and O–H groups in total. The summed E-state index contributed by atoms with van der Waals surface area (Å²) in [5.41, 5.74) is 1.30. The van der Waals surface area contributed by atoms with E-state index >= 15 is 0 Å². The van der Waals surface area contributed by atoms with Crippen LogP contribution >= 0.6 is 0 Å². The molecule has 0 saturated carbocycles. The highest BCUT2D eigenvalue weighted by Crippen LogP contribution is 2.29. The lowest BCUT2D eigenvalue weighted by Crippen LogP contribution is -2.44. The zero-order valence-electron chi connectivity index (χ0n) is 21.7. The predicted molar refractivity (Wildman–Crippen MR) is 146 cm³/mol. The fraction of sp³-hybridized carbons (Fsp3) is 0.207. The molecule has 1 fully saturated rings. The number of carboxylic acids is 1. The molecule has 1 heterocycles. The Morgan fingerprint density at radius 1 is 1.10 bits per heavy atom. The largest absolute Gasteiger partial charge is 0.489 e. The quantitative estimate of drug-likeness (QED) is 0.125. The maximum atomic E-state index is 13.3. The highest BCUT2D eigenvalue weighted by molar-refractivity contribution is 6.09. The molecule has 1 aliphatic heterocycles. The molecule has 0 spiro atoms. The van der Waals surface area contributed by atoms with E-state index in [9.17, 15) is 24.3 Å². The van der Waals surface area contributed by atoms with Gasteiger partial charge in [-0.15, -0.1) is 0 Å². The third-order valence-electron chi connectivity index (χ3n) is 6.51. The van der Waals surface area contributed by atoms with Crippen LogP contribution in [-0.2, 0) is 26.5 Å². The Bertz CT molecular complexity index is 1430. The van der Waals surface area contributed by atoms with Gasteiger partial charge in [-0.3, -0.25) is 19.3 Å². The maximum absolute atomic E-state index is 13.3. The Hall–Kier alpha value is -5.19. The lowest BCUT2D eigenvalue weighted by molar-refractivity contribution is -0.138. The number of carbonyl (C=O) groups excluding carboxylic acids is 3. The number of ether oxygens (including phenoxy) is 1. The topological polar surface area (TPSA) is 163 Å². The van der Waals surface area contributed by atoms with Gasteiger partial charge in [0.15, 0.2) is 0 Å². The first-order chi connectivity index (χ1) is 19.2. The molecule has 206 valence electrons. The smallest absolute Gasteiger partial charge is 0.325 e. The van der Waals surface area contributed by atoms with Gasteiger partial charge >= 0.3 is 12.0 Å². The molecular weight excluding hydrogens is 514 g/mol. The molecule has 3 aromatic rings. The van der Waals surface area contributed by atoms with Crippen molar-refractivity contribution in [1.82, 2.24) is 15.5 Å². The SMILES string of the molecule is CC1(c2ccc(C=NN)cc2)NC(=O)N(CC(=O)NC(CC(=O)O)c2cccc(OCc3ccccc3)c2)C1=O. The number of imide groups is 1. The van der Waals surface area contributed by atoms with E-state index in [0.29, 0.717) is 29.0 Å². The Morgan fingerprint density at radius 2 is 1.82 bits per heavy atom. The standard InChI is InChI=1S/C29H29N5O6/c1-29(22-12-10-19(11-13-22)16-31-30)27(38)34(28(39)33-29)17-25(35)32-24(15-26(36)37)21-8-5-9-23(14-21)40-18-20-6-3-2-4-7-20/h2-14,16,24H,15,17-18,30H2,1H3,(H,32,35)(H,33,39)(H,36,37). The van der Waals surface area contributed by atoms with E-state index in [1.807, 2.05) is 30.3 Å². The van der Waals surface area contributed by atoms with Crippen molar-refractivity contribution in [2.45, 2.75) is 31.5 Å². The van der Waals surface area contributed by atoms with Gasteiger partial charge in [-0.25, -0.2) is 4.79 Å². The number of amides is 4. The van der Waals surface area contributed by atoms with E-state index in [1.54, 1.807) is 55.5 Å². The summed E-state index contributed by atoms with van der Waals surface area (Å²) in [4.78, 5) is 51.3. The van der Waals surface area contributed by atoms with Crippen LogP contribution in [0.2, 0.25) is 0 Å². The molecule has 2 unspecified atom stereocenters. The number of benzene rings is 3. The Balaban J connectivity index is 1.45. The van der Waals surface area contributed by atoms with E-state index in [1.165, 1.54) is 6.21 Å². The summed E-state index contributed by atoms with van der Waals surface area (Å²) in [6, 6.07) is 21.4. The molecule has 0 bridgehead atoms. The van der Waals surface area contributed by atoms with E-state index in [0.717, 1.165) is 10.5 Å². The molecular formula is C29H29N5O6. The second-order valence-corrected chi connectivity index (χ2v) is 9.41. The van der Waals surface area contributed by atoms with Crippen molar-refractivity contribution < 1.29 is 29.0 Å². The summed E-state index contributed by atoms with van der Waals surface area (Å²) < 4.78 is 5.84. The number of hydrazone groups is 1. The highest BCUT2D eigenvalue weighted by Gasteiger charge is 2.49. The molecule has 3 aromatic carbocycles. The first-order valence-electron chi connectivity index (χ1n) is 12.5. The van der Waals surface area contributed by atoms with Crippen LogP contribution in [0.25, 0.3) is 0 Å². The van der Waals surface area contributed by atoms with Gasteiger partial charge in [0, 0.05) is 0 Å². The lowest BCUT2D eigenvalue weighted by atomic mass is 9.91. The van der Waals surface area contributed by atoms with Crippen molar-refractivity contribution in [1.29, 1.82) is 0 Å². The number of nitrogens with one attached hydrogen (secondary N) is 2. The van der Waals surface area contributed by atoms with Gasteiger partial charge in [-0.05, 0) is 41.3 Å². The normalized spacial score (nSPS) is 17.5. The van der Waals surface area contributed by atoms with Gasteiger partial charge in [0.05, 0.1) is 18.7 Å². The number of carbonyl (C=O) groups is 4. The van der Waals surface area contributed by atoms with Crippen LogP contribution in [0.1, 0.15) is 41.6 Å². The van der Waals surface area contributed by atoms with Crippen LogP contribution in [0.15, 0.2) is 84.0 Å². The predicted octanol–water partition coefficient (Wildman–Crippen LogP) is 2.66. The molecule has 1 aliphatic rings. The number of hydrogen-bond donors (Lipinski definition) is 4. The monoisotopic (exact) mass is 543 g/mol. The molecule has 11 heteroatoms. The second kappa shape index (κ2) is 12.1. The van der Waals surface area contributed by atoms with Crippen LogP contribution in [0, 0.1) is 0 Å². The lowest BCUT2D eigenvalue weighted by Gasteiger charge is -2.23. The summed E-state index contributed by atoms with van der Waals surface area (Å²) in [5.74, 6) is 3.23. The summed E-state index contributed by atoms with van der Waals surface area (Å²) >= 11 is 0. The van der Waals surface area contributed by atoms with Crippen LogP contribution in [-0.4, -0.2) is 46.6 Å². The van der Waals surface area contributed by atoms with Gasteiger partial charge in [-0.2, -0.15) is 5.10 Å². The summed E-state index contributed by atoms with van der Waals surface area (Å²) in [7, 11) is 0. The summed E-state index contributed by atoms with van der Waals surface area (Å²) in [6.45, 7) is 1.28. The zero-order valence-corrected chi connectivity index (χ0v) is 21.7. The molecule has 2 atom stereocenters. The van der Waals surface area contributed by atoms with Crippen LogP contribution < -0.4 is 21.2 Å². The Morgan fingerprint density at radius 3 is 2.50 bits per heavy atom. The minimum Gasteiger partial charge on any atom is -0.489 e. The van der Waals surface area contributed by atoms with Gasteiger partial charge in [0.25, 0.3) is 5.91 Å². The number of nitrogens with two attached hydrogens (primary N) is 1. The van der Waals surface area contributed by atoms with E-state index in [2.05, 4.69) is 15.7 Å². The fourth-order valence-corrected chi connectivity index (χ4v) is 4.40. The van der Waals surface area contributed by atoms with Gasteiger partial charge in [0.2, 0.25) is 5.91 Å². The third-order valence-corrected chi connectivity index (χ3v) is 6.51. The maximum Gasteiger partial charge on any atom is 0.325 e. The average Bonchev–Trinajstić information content (AvgIpc) is 3.16. The summed E-state index contributed by atoms with van der Waals surface area (Å²) in [5, 5.41) is 18.2. The Labute approximate surface area is 230 Å². The molecule has 4 rings (SSSR count). The van der Waals surface area contributed by atoms with Gasteiger partial charge in [0.1, 0.15) is 24.4 Å². The van der Waals surface area contributed by atoms with Crippen molar-refractivity contribution in [2.75, 3.05) is 6.54 Å². The van der Waals surface area contributed by atoms with Gasteiger partial charge < -0.3 is 26.3 Å². The van der Waals surface area contributed by atoms with Crippen LogP contribution in [0.4, 0.5) is 4.79 Å². The van der Waals surface area contributed by atoms with Crippen molar-refractivity contribution in [3.8, 4) is 5.75 Å². The molecule has 0 aliphatic carbocycles.